The van der Waals surface area contributed by atoms with Crippen molar-refractivity contribution in [2.45, 2.75) is 70.9 Å². The second kappa shape index (κ2) is 10.2. The van der Waals surface area contributed by atoms with Crippen LogP contribution in [0.15, 0.2) is 36.5 Å². The number of carbonyl (C=O) groups excluding carboxylic acids is 1. The van der Waals surface area contributed by atoms with E-state index in [1.165, 1.54) is 0 Å². The summed E-state index contributed by atoms with van der Waals surface area (Å²) in [6, 6.07) is 5.93. The number of nitrogens with zero attached hydrogens (tertiary/aromatic N) is 2. The first-order valence-corrected chi connectivity index (χ1v) is 12.3. The van der Waals surface area contributed by atoms with Crippen LogP contribution in [0.2, 0.25) is 0 Å². The van der Waals surface area contributed by atoms with Gasteiger partial charge in [0.2, 0.25) is 0 Å². The van der Waals surface area contributed by atoms with E-state index in [-0.39, 0.29) is 29.5 Å². The normalized spacial score (nSPS) is 15.6. The number of halogens is 2. The number of rotatable bonds is 7. The monoisotopic (exact) mass is 498 g/mol. The molecule has 1 fully saturated rings. The van der Waals surface area contributed by atoms with Crippen LogP contribution in [0.25, 0.3) is 16.9 Å². The van der Waals surface area contributed by atoms with Crippen LogP contribution in [0.5, 0.6) is 0 Å². The average Bonchev–Trinajstić information content (AvgIpc) is 3.16. The SMILES string of the molecule is CC(C)(C)Nc1c(-c2cc(F)ccc2F)nc2cc(C(=O)NC(CC(=O)O)C3CCCCC3)ccn12. The predicted molar refractivity (Wildman–Crippen MR) is 134 cm³/mol. The van der Waals surface area contributed by atoms with Crippen molar-refractivity contribution in [1.29, 1.82) is 0 Å². The van der Waals surface area contributed by atoms with E-state index in [9.17, 15) is 23.5 Å². The number of nitrogens with one attached hydrogen (secondary N) is 2. The lowest BCUT2D eigenvalue weighted by Crippen LogP contribution is -2.42. The van der Waals surface area contributed by atoms with Crippen LogP contribution in [-0.2, 0) is 4.79 Å². The van der Waals surface area contributed by atoms with E-state index >= 15 is 0 Å². The minimum absolute atomic E-state index is 0.00951. The number of pyridine rings is 1. The molecule has 7 nitrogen and oxygen atoms in total. The van der Waals surface area contributed by atoms with E-state index < -0.39 is 29.2 Å². The van der Waals surface area contributed by atoms with Crippen molar-refractivity contribution in [3.05, 3.63) is 53.7 Å². The molecule has 0 spiro atoms. The molecule has 1 saturated carbocycles. The van der Waals surface area contributed by atoms with Gasteiger partial charge in [0.15, 0.2) is 0 Å². The van der Waals surface area contributed by atoms with Crippen molar-refractivity contribution < 1.29 is 23.5 Å². The lowest BCUT2D eigenvalue weighted by Gasteiger charge is -2.30. The van der Waals surface area contributed by atoms with Crippen molar-refractivity contribution in [3.63, 3.8) is 0 Å². The van der Waals surface area contributed by atoms with Crippen LogP contribution in [0.3, 0.4) is 0 Å². The van der Waals surface area contributed by atoms with Crippen LogP contribution >= 0.6 is 0 Å². The number of carboxylic acids is 1. The number of fused-ring (bicyclic) bond motifs is 1. The fourth-order valence-electron chi connectivity index (χ4n) is 4.84. The number of benzene rings is 1. The number of carboxylic acid groups (broad SMARTS) is 1. The van der Waals surface area contributed by atoms with E-state index in [2.05, 4.69) is 15.6 Å². The molecule has 1 aliphatic rings. The smallest absolute Gasteiger partial charge is 0.305 e. The second-order valence-corrected chi connectivity index (χ2v) is 10.5. The largest absolute Gasteiger partial charge is 0.481 e. The summed E-state index contributed by atoms with van der Waals surface area (Å²) in [6.07, 6.45) is 6.48. The molecule has 1 aromatic carbocycles. The van der Waals surface area contributed by atoms with Gasteiger partial charge in [-0.2, -0.15) is 0 Å². The Hall–Kier alpha value is -3.49. The van der Waals surface area contributed by atoms with Gasteiger partial charge in [0.1, 0.15) is 28.8 Å². The van der Waals surface area contributed by atoms with Gasteiger partial charge in [0, 0.05) is 28.9 Å². The number of hydrogen-bond donors (Lipinski definition) is 3. The highest BCUT2D eigenvalue weighted by Crippen LogP contribution is 2.33. The third-order valence-corrected chi connectivity index (χ3v) is 6.50. The average molecular weight is 499 g/mol. The molecule has 0 aliphatic heterocycles. The maximum Gasteiger partial charge on any atom is 0.305 e. The Bertz CT molecular complexity index is 1280. The summed E-state index contributed by atoms with van der Waals surface area (Å²) >= 11 is 0. The topological polar surface area (TPSA) is 95.7 Å². The zero-order chi connectivity index (χ0) is 26.0. The molecular weight excluding hydrogens is 466 g/mol. The number of anilines is 1. The van der Waals surface area contributed by atoms with Crippen LogP contribution in [0, 0.1) is 17.6 Å². The first-order valence-electron chi connectivity index (χ1n) is 12.3. The molecule has 192 valence electrons. The highest BCUT2D eigenvalue weighted by atomic mass is 19.1. The number of hydrogen-bond acceptors (Lipinski definition) is 4. The quantitative estimate of drug-likeness (QED) is 0.392. The van der Waals surface area contributed by atoms with E-state index in [0.29, 0.717) is 17.0 Å². The first-order chi connectivity index (χ1) is 17.0. The Labute approximate surface area is 208 Å². The third-order valence-electron chi connectivity index (χ3n) is 6.50. The first kappa shape index (κ1) is 25.6. The number of carbonyl (C=O) groups is 2. The minimum atomic E-state index is -0.950. The standard InChI is InChI=1S/C27H32F2N4O3/c1-27(2,3)32-25-24(19-14-18(28)9-10-20(19)29)31-22-13-17(11-12-33(22)25)26(36)30-21(15-23(34)35)16-7-5-4-6-8-16/h9-14,16,21,32H,4-8,15H2,1-3H3,(H,30,36)(H,34,35). The molecule has 1 unspecified atom stereocenters. The van der Waals surface area contributed by atoms with E-state index in [0.717, 1.165) is 50.3 Å². The second-order valence-electron chi connectivity index (χ2n) is 10.5. The third kappa shape index (κ3) is 5.83. The van der Waals surface area contributed by atoms with Gasteiger partial charge in [0.05, 0.1) is 6.42 Å². The Morgan fingerprint density at radius 3 is 2.53 bits per heavy atom. The van der Waals surface area contributed by atoms with E-state index in [1.807, 2.05) is 20.8 Å². The molecule has 0 radical (unpaired) electrons. The Balaban J connectivity index is 1.70. The van der Waals surface area contributed by atoms with Crippen molar-refractivity contribution in [2.24, 2.45) is 5.92 Å². The van der Waals surface area contributed by atoms with Gasteiger partial charge in [-0.05, 0) is 69.9 Å². The van der Waals surface area contributed by atoms with Crippen LogP contribution in [0.1, 0.15) is 69.7 Å². The Morgan fingerprint density at radius 1 is 1.14 bits per heavy atom. The molecule has 3 aromatic rings. The van der Waals surface area contributed by atoms with Gasteiger partial charge in [0.25, 0.3) is 5.91 Å². The number of aliphatic carboxylic acids is 1. The molecule has 2 aromatic heterocycles. The summed E-state index contributed by atoms with van der Waals surface area (Å²) < 4.78 is 30.3. The fourth-order valence-corrected chi connectivity index (χ4v) is 4.84. The van der Waals surface area contributed by atoms with Crippen LogP contribution in [-0.4, -0.2) is 37.9 Å². The van der Waals surface area contributed by atoms with Gasteiger partial charge in [-0.25, -0.2) is 13.8 Å². The maximum absolute atomic E-state index is 14.7. The molecule has 2 heterocycles. The Kier molecular flexibility index (Phi) is 7.28. The van der Waals surface area contributed by atoms with Gasteiger partial charge in [-0.3, -0.25) is 14.0 Å². The summed E-state index contributed by atoms with van der Waals surface area (Å²) in [5, 5.41) is 15.6. The summed E-state index contributed by atoms with van der Waals surface area (Å²) in [6.45, 7) is 5.81. The number of imidazole rings is 1. The molecule has 4 rings (SSSR count). The predicted octanol–water partition coefficient (Wildman–Crippen LogP) is 5.64. The van der Waals surface area contributed by atoms with E-state index in [1.54, 1.807) is 22.7 Å². The molecule has 0 bridgehead atoms. The zero-order valence-electron chi connectivity index (χ0n) is 20.8. The van der Waals surface area contributed by atoms with Crippen LogP contribution < -0.4 is 10.6 Å². The summed E-state index contributed by atoms with van der Waals surface area (Å²) in [5.74, 6) is -1.94. The number of aromatic nitrogens is 2. The molecule has 1 aliphatic carbocycles. The Morgan fingerprint density at radius 2 is 1.86 bits per heavy atom. The minimum Gasteiger partial charge on any atom is -0.481 e. The highest BCUT2D eigenvalue weighted by Gasteiger charge is 2.28. The van der Waals surface area contributed by atoms with E-state index in [4.69, 9.17) is 0 Å². The van der Waals surface area contributed by atoms with Crippen molar-refractivity contribution in [3.8, 4) is 11.3 Å². The summed E-state index contributed by atoms with van der Waals surface area (Å²) in [7, 11) is 0. The van der Waals surface area contributed by atoms with Crippen molar-refractivity contribution >= 4 is 23.3 Å². The number of amides is 1. The van der Waals surface area contributed by atoms with Crippen molar-refractivity contribution in [2.75, 3.05) is 5.32 Å². The van der Waals surface area contributed by atoms with Gasteiger partial charge in [-0.1, -0.05) is 19.3 Å². The van der Waals surface area contributed by atoms with Crippen molar-refractivity contribution in [1.82, 2.24) is 14.7 Å². The lowest BCUT2D eigenvalue weighted by molar-refractivity contribution is -0.137. The molecule has 1 atom stereocenters. The summed E-state index contributed by atoms with van der Waals surface area (Å²) in [4.78, 5) is 29.2. The molecule has 1 amide bonds. The molecule has 36 heavy (non-hydrogen) atoms. The molecule has 0 saturated heterocycles. The maximum atomic E-state index is 14.7. The van der Waals surface area contributed by atoms with Gasteiger partial charge < -0.3 is 15.7 Å². The van der Waals surface area contributed by atoms with Gasteiger partial charge in [-0.15, -0.1) is 0 Å². The molecular formula is C27H32F2N4O3. The van der Waals surface area contributed by atoms with Crippen LogP contribution in [0.4, 0.5) is 14.6 Å². The van der Waals surface area contributed by atoms with Gasteiger partial charge >= 0.3 is 5.97 Å². The zero-order valence-corrected chi connectivity index (χ0v) is 20.8. The lowest BCUT2D eigenvalue weighted by atomic mass is 9.82. The molecule has 9 heteroatoms. The summed E-state index contributed by atoms with van der Waals surface area (Å²) in [5.41, 5.74) is 0.516. The molecule has 3 N–H and O–H groups in total. The fraction of sp³-hybridized carbons (Fsp3) is 0.444. The highest BCUT2D eigenvalue weighted by molar-refractivity contribution is 5.96.